The third-order valence-electron chi connectivity index (χ3n) is 6.93. The van der Waals surface area contributed by atoms with Gasteiger partial charge in [0.1, 0.15) is 11.6 Å². The van der Waals surface area contributed by atoms with Crippen molar-refractivity contribution in [3.63, 3.8) is 0 Å². The number of carbonyl (C=O) groups excluding carboxylic acids is 1. The highest BCUT2D eigenvalue weighted by Crippen LogP contribution is 2.29. The molecule has 9 heteroatoms. The Morgan fingerprint density at radius 3 is 2.74 bits per heavy atom. The second-order valence-electron chi connectivity index (χ2n) is 9.58. The summed E-state index contributed by atoms with van der Waals surface area (Å²) in [5, 5.41) is 17.4. The predicted molar refractivity (Wildman–Crippen MR) is 149 cm³/mol. The first-order chi connectivity index (χ1) is 18.6. The second kappa shape index (κ2) is 11.9. The fourth-order valence-electron chi connectivity index (χ4n) is 4.90. The number of benzene rings is 2. The molecule has 1 aliphatic carbocycles. The molecule has 9 nitrogen and oxygen atoms in total. The number of rotatable bonds is 9. The molecular weight excluding hydrogens is 478 g/mol. The first-order valence-electron chi connectivity index (χ1n) is 13.1. The smallest absolute Gasteiger partial charge is 0.258 e. The topological polar surface area (TPSA) is 138 Å². The van der Waals surface area contributed by atoms with Gasteiger partial charge in [0, 0.05) is 60.4 Å². The van der Waals surface area contributed by atoms with Crippen molar-refractivity contribution in [3.8, 4) is 17.1 Å². The quantitative estimate of drug-likeness (QED) is 0.275. The highest BCUT2D eigenvalue weighted by Gasteiger charge is 2.20. The maximum absolute atomic E-state index is 12.3. The molecule has 0 atom stereocenters. The average molecular weight is 512 g/mol. The summed E-state index contributed by atoms with van der Waals surface area (Å²) in [5.74, 6) is 1.86. The summed E-state index contributed by atoms with van der Waals surface area (Å²) in [4.78, 5) is 22.1. The van der Waals surface area contributed by atoms with E-state index >= 15 is 0 Å². The van der Waals surface area contributed by atoms with Crippen LogP contribution in [0.15, 0.2) is 54.7 Å². The molecule has 196 valence electrons. The Bertz CT molecular complexity index is 1330. The van der Waals surface area contributed by atoms with Gasteiger partial charge in [-0.15, -0.1) is 0 Å². The Kier molecular flexibility index (Phi) is 7.94. The number of allylic oxidation sites excluding steroid dienone is 1. The summed E-state index contributed by atoms with van der Waals surface area (Å²) in [7, 11) is 0. The molecule has 1 aliphatic heterocycles. The van der Waals surface area contributed by atoms with E-state index in [1.807, 2.05) is 48.5 Å². The molecule has 1 fully saturated rings. The molecule has 0 spiro atoms. The zero-order valence-corrected chi connectivity index (χ0v) is 21.3. The maximum Gasteiger partial charge on any atom is 0.258 e. The standard InChI is InChI=1S/C29H33N7O2/c30-15-21(16-31)19-8-10-23(11-9-19)34-29-25-17-32-13-12-26(25)35-28(36-29)20-4-3-7-24(14-20)38-18-27(37)33-22-5-1-2-6-22/h3-4,7-11,14-16,22,30,32H,1-2,5-6,12-13,17-18,31H2,(H,33,37)(H,34,35,36)/b21-16+,30-15?. The molecule has 1 amide bonds. The average Bonchev–Trinajstić information content (AvgIpc) is 3.46. The summed E-state index contributed by atoms with van der Waals surface area (Å²) in [6.07, 6.45) is 7.90. The molecule has 2 aromatic carbocycles. The molecule has 5 rings (SSSR count). The molecule has 0 bridgehead atoms. The zero-order valence-electron chi connectivity index (χ0n) is 21.3. The van der Waals surface area contributed by atoms with Crippen molar-refractivity contribution in [1.29, 1.82) is 5.41 Å². The minimum atomic E-state index is -0.0907. The van der Waals surface area contributed by atoms with Crippen molar-refractivity contribution in [2.45, 2.75) is 44.7 Å². The van der Waals surface area contributed by atoms with Crippen LogP contribution in [0.2, 0.25) is 0 Å². The van der Waals surface area contributed by atoms with Crippen LogP contribution >= 0.6 is 0 Å². The lowest BCUT2D eigenvalue weighted by Gasteiger charge is -2.21. The Balaban J connectivity index is 1.35. The highest BCUT2D eigenvalue weighted by molar-refractivity contribution is 6.08. The maximum atomic E-state index is 12.3. The van der Waals surface area contributed by atoms with Gasteiger partial charge in [-0.3, -0.25) is 4.79 Å². The van der Waals surface area contributed by atoms with Gasteiger partial charge >= 0.3 is 0 Å². The van der Waals surface area contributed by atoms with E-state index in [9.17, 15) is 4.79 Å². The van der Waals surface area contributed by atoms with Crippen LogP contribution in [0.1, 0.15) is 42.5 Å². The highest BCUT2D eigenvalue weighted by atomic mass is 16.5. The van der Waals surface area contributed by atoms with Gasteiger partial charge in [0.25, 0.3) is 5.91 Å². The monoisotopic (exact) mass is 511 g/mol. The largest absolute Gasteiger partial charge is 0.484 e. The molecule has 0 radical (unpaired) electrons. The summed E-state index contributed by atoms with van der Waals surface area (Å²) >= 11 is 0. The number of amides is 1. The lowest BCUT2D eigenvalue weighted by Crippen LogP contribution is -2.36. The van der Waals surface area contributed by atoms with E-state index in [1.165, 1.54) is 25.3 Å². The Morgan fingerprint density at radius 2 is 1.97 bits per heavy atom. The molecule has 6 N–H and O–H groups in total. The Hall–Kier alpha value is -4.24. The van der Waals surface area contributed by atoms with Crippen LogP contribution in [-0.2, 0) is 17.8 Å². The zero-order chi connectivity index (χ0) is 26.3. The van der Waals surface area contributed by atoms with Gasteiger partial charge in [-0.25, -0.2) is 9.97 Å². The number of nitrogens with zero attached hydrogens (tertiary/aromatic N) is 2. The fraction of sp³-hybridized carbons (Fsp3) is 0.310. The Morgan fingerprint density at radius 1 is 1.16 bits per heavy atom. The lowest BCUT2D eigenvalue weighted by molar-refractivity contribution is -0.123. The molecule has 2 aliphatic rings. The first kappa shape index (κ1) is 25.4. The van der Waals surface area contributed by atoms with E-state index in [4.69, 9.17) is 25.8 Å². The Labute approximate surface area is 222 Å². The van der Waals surface area contributed by atoms with E-state index < -0.39 is 0 Å². The van der Waals surface area contributed by atoms with Gasteiger partial charge in [0.05, 0.1) is 5.69 Å². The van der Waals surface area contributed by atoms with Crippen LogP contribution < -0.4 is 26.4 Å². The molecule has 1 aromatic heterocycles. The number of hydrogen-bond acceptors (Lipinski definition) is 8. The number of fused-ring (bicyclic) bond motifs is 1. The van der Waals surface area contributed by atoms with Gasteiger partial charge in [-0.2, -0.15) is 0 Å². The number of anilines is 2. The van der Waals surface area contributed by atoms with Crippen LogP contribution in [0.5, 0.6) is 5.75 Å². The van der Waals surface area contributed by atoms with Gasteiger partial charge in [-0.1, -0.05) is 37.1 Å². The predicted octanol–water partition coefficient (Wildman–Crippen LogP) is 3.92. The van der Waals surface area contributed by atoms with Crippen molar-refractivity contribution < 1.29 is 9.53 Å². The SMILES string of the molecule is N=C/C(=C\N)c1ccc(Nc2nc(-c3cccc(OCC(=O)NC4CCCC4)c3)nc3c2CNCC3)cc1. The van der Waals surface area contributed by atoms with E-state index in [-0.39, 0.29) is 18.6 Å². The molecule has 0 unspecified atom stereocenters. The van der Waals surface area contributed by atoms with Crippen LogP contribution in [0.25, 0.3) is 17.0 Å². The van der Waals surface area contributed by atoms with Crippen molar-refractivity contribution in [2.75, 3.05) is 18.5 Å². The normalized spacial score (nSPS) is 15.5. The van der Waals surface area contributed by atoms with Crippen LogP contribution in [0, 0.1) is 5.41 Å². The minimum Gasteiger partial charge on any atom is -0.484 e. The van der Waals surface area contributed by atoms with Crippen molar-refractivity contribution in [3.05, 3.63) is 71.6 Å². The number of aromatic nitrogens is 2. The molecule has 0 saturated heterocycles. The van der Waals surface area contributed by atoms with Gasteiger partial charge in [-0.05, 0) is 42.7 Å². The van der Waals surface area contributed by atoms with E-state index in [1.54, 1.807) is 0 Å². The number of hydrogen-bond donors (Lipinski definition) is 5. The molecule has 2 heterocycles. The molecular formula is C29H33N7O2. The number of carbonyl (C=O) groups is 1. The third-order valence-corrected chi connectivity index (χ3v) is 6.93. The van der Waals surface area contributed by atoms with Gasteiger partial charge in [0.2, 0.25) is 0 Å². The first-order valence-corrected chi connectivity index (χ1v) is 13.1. The van der Waals surface area contributed by atoms with Gasteiger partial charge < -0.3 is 31.8 Å². The minimum absolute atomic E-state index is 0.0154. The van der Waals surface area contributed by atoms with E-state index in [2.05, 4.69) is 16.0 Å². The lowest BCUT2D eigenvalue weighted by atomic mass is 10.1. The van der Waals surface area contributed by atoms with Crippen molar-refractivity contribution >= 4 is 29.2 Å². The van der Waals surface area contributed by atoms with Crippen molar-refractivity contribution in [1.82, 2.24) is 20.6 Å². The summed E-state index contributed by atoms with van der Waals surface area (Å²) in [6, 6.07) is 15.6. The summed E-state index contributed by atoms with van der Waals surface area (Å²) in [5.41, 5.74) is 10.9. The van der Waals surface area contributed by atoms with E-state index in [0.717, 1.165) is 59.7 Å². The van der Waals surface area contributed by atoms with Crippen LogP contribution in [0.4, 0.5) is 11.5 Å². The molecule has 1 saturated carbocycles. The van der Waals surface area contributed by atoms with Gasteiger partial charge in [0.15, 0.2) is 12.4 Å². The molecule has 3 aromatic rings. The summed E-state index contributed by atoms with van der Waals surface area (Å²) < 4.78 is 5.81. The van der Waals surface area contributed by atoms with E-state index in [0.29, 0.717) is 23.7 Å². The van der Waals surface area contributed by atoms with Crippen molar-refractivity contribution in [2.24, 2.45) is 5.73 Å². The number of ether oxygens (including phenoxy) is 1. The number of nitrogens with one attached hydrogen (secondary N) is 4. The molecule has 38 heavy (non-hydrogen) atoms. The number of nitrogens with two attached hydrogens (primary N) is 1. The third kappa shape index (κ3) is 6.00. The second-order valence-corrected chi connectivity index (χ2v) is 9.58. The van der Waals surface area contributed by atoms with Crippen LogP contribution in [-0.4, -0.2) is 41.3 Å². The summed E-state index contributed by atoms with van der Waals surface area (Å²) in [6.45, 7) is 1.52. The van der Waals surface area contributed by atoms with Crippen LogP contribution in [0.3, 0.4) is 0 Å². The fourth-order valence-corrected chi connectivity index (χ4v) is 4.90.